The molecule has 1 atom stereocenters. The Kier molecular flexibility index (Phi) is 4.43. The molecule has 2 N–H and O–H groups in total. The van der Waals surface area contributed by atoms with Crippen molar-refractivity contribution in [1.29, 1.82) is 0 Å². The average molecular weight is 209 g/mol. The molecule has 0 unspecified atom stereocenters. The summed E-state index contributed by atoms with van der Waals surface area (Å²) in [5.74, 6) is 1.68. The third-order valence-corrected chi connectivity index (χ3v) is 2.08. The predicted octanol–water partition coefficient (Wildman–Crippen LogP) is 2.50. The second-order valence-corrected chi connectivity index (χ2v) is 3.35. The van der Waals surface area contributed by atoms with E-state index in [1.54, 1.807) is 0 Å². The zero-order valence-electron chi connectivity index (χ0n) is 9.62. The van der Waals surface area contributed by atoms with Crippen LogP contribution in [0.4, 0.5) is 0 Å². The van der Waals surface area contributed by atoms with E-state index in [-0.39, 0.29) is 6.04 Å². The first-order chi connectivity index (χ1) is 7.19. The van der Waals surface area contributed by atoms with Crippen LogP contribution < -0.4 is 15.2 Å². The summed E-state index contributed by atoms with van der Waals surface area (Å²) in [4.78, 5) is 0. The van der Waals surface area contributed by atoms with E-state index < -0.39 is 0 Å². The lowest BCUT2D eigenvalue weighted by Gasteiger charge is -2.14. The monoisotopic (exact) mass is 209 g/mol. The predicted molar refractivity (Wildman–Crippen MR) is 61.4 cm³/mol. The second kappa shape index (κ2) is 5.61. The minimum Gasteiger partial charge on any atom is -0.494 e. The maximum absolute atomic E-state index is 5.87. The smallest absolute Gasteiger partial charge is 0.124 e. The lowest BCUT2D eigenvalue weighted by Crippen LogP contribution is -2.08. The first-order valence-electron chi connectivity index (χ1n) is 5.34. The lowest BCUT2D eigenvalue weighted by atomic mass is 10.1. The molecule has 0 saturated heterocycles. The van der Waals surface area contributed by atoms with E-state index in [4.69, 9.17) is 15.2 Å². The number of hydrogen-bond donors (Lipinski definition) is 1. The van der Waals surface area contributed by atoms with E-state index in [1.807, 2.05) is 39.0 Å². The highest BCUT2D eigenvalue weighted by atomic mass is 16.5. The van der Waals surface area contributed by atoms with Crippen molar-refractivity contribution >= 4 is 0 Å². The molecule has 1 aromatic carbocycles. The molecule has 0 fully saturated rings. The lowest BCUT2D eigenvalue weighted by molar-refractivity contribution is 0.326. The number of hydrogen-bond acceptors (Lipinski definition) is 3. The van der Waals surface area contributed by atoms with Gasteiger partial charge in [-0.3, -0.25) is 0 Å². The van der Waals surface area contributed by atoms with E-state index in [0.717, 1.165) is 17.1 Å². The van der Waals surface area contributed by atoms with Gasteiger partial charge >= 0.3 is 0 Å². The average Bonchev–Trinajstić information content (AvgIpc) is 2.21. The maximum atomic E-state index is 5.87. The third-order valence-electron chi connectivity index (χ3n) is 2.08. The Bertz CT molecular complexity index is 310. The van der Waals surface area contributed by atoms with Gasteiger partial charge in [0.05, 0.1) is 13.2 Å². The van der Waals surface area contributed by atoms with Gasteiger partial charge in [0, 0.05) is 11.6 Å². The van der Waals surface area contributed by atoms with Gasteiger partial charge in [0.15, 0.2) is 0 Å². The highest BCUT2D eigenvalue weighted by molar-refractivity contribution is 5.41. The minimum absolute atomic E-state index is 0.0491. The van der Waals surface area contributed by atoms with Gasteiger partial charge in [-0.15, -0.1) is 0 Å². The summed E-state index contributed by atoms with van der Waals surface area (Å²) in [5.41, 5.74) is 6.86. The molecule has 0 bridgehead atoms. The van der Waals surface area contributed by atoms with Crippen molar-refractivity contribution in [2.45, 2.75) is 26.8 Å². The molecule has 0 aromatic heterocycles. The summed E-state index contributed by atoms with van der Waals surface area (Å²) in [6.45, 7) is 7.16. The summed E-state index contributed by atoms with van der Waals surface area (Å²) < 4.78 is 10.9. The molecule has 3 heteroatoms. The molecule has 0 aliphatic rings. The van der Waals surface area contributed by atoms with Gasteiger partial charge in [-0.05, 0) is 39.0 Å². The Morgan fingerprint density at radius 2 is 1.87 bits per heavy atom. The van der Waals surface area contributed by atoms with Crippen molar-refractivity contribution < 1.29 is 9.47 Å². The fourth-order valence-electron chi connectivity index (χ4n) is 1.43. The van der Waals surface area contributed by atoms with Crippen LogP contribution in [-0.4, -0.2) is 13.2 Å². The van der Waals surface area contributed by atoms with Crippen LogP contribution in [0.5, 0.6) is 11.5 Å². The molecule has 84 valence electrons. The summed E-state index contributed by atoms with van der Waals surface area (Å²) in [6.07, 6.45) is 0. The Morgan fingerprint density at radius 1 is 1.20 bits per heavy atom. The molecule has 0 radical (unpaired) electrons. The van der Waals surface area contributed by atoms with Crippen LogP contribution in [0, 0.1) is 0 Å². The molecule has 1 aromatic rings. The quantitative estimate of drug-likeness (QED) is 0.810. The molecule has 0 spiro atoms. The standard InChI is InChI=1S/C12H19NO2/c1-4-14-10-6-7-12(15-5-2)11(8-10)9(3)13/h6-9H,4-5,13H2,1-3H3/t9-/m0/s1. The van der Waals surface area contributed by atoms with Gasteiger partial charge < -0.3 is 15.2 Å². The third kappa shape index (κ3) is 3.13. The minimum atomic E-state index is -0.0491. The topological polar surface area (TPSA) is 44.5 Å². The largest absolute Gasteiger partial charge is 0.494 e. The Morgan fingerprint density at radius 3 is 2.40 bits per heavy atom. The van der Waals surface area contributed by atoms with Crippen LogP contribution in [-0.2, 0) is 0 Å². The molecule has 0 aliphatic heterocycles. The molecule has 0 heterocycles. The number of nitrogens with two attached hydrogens (primary N) is 1. The Hall–Kier alpha value is -1.22. The summed E-state index contributed by atoms with van der Waals surface area (Å²) >= 11 is 0. The highest BCUT2D eigenvalue weighted by Crippen LogP contribution is 2.28. The molecule has 0 amide bonds. The maximum Gasteiger partial charge on any atom is 0.124 e. The summed E-state index contributed by atoms with van der Waals surface area (Å²) in [7, 11) is 0. The van der Waals surface area contributed by atoms with E-state index >= 15 is 0 Å². The number of benzene rings is 1. The fraction of sp³-hybridized carbons (Fsp3) is 0.500. The van der Waals surface area contributed by atoms with Gasteiger partial charge in [0.2, 0.25) is 0 Å². The molecular weight excluding hydrogens is 190 g/mol. The molecule has 15 heavy (non-hydrogen) atoms. The van der Waals surface area contributed by atoms with Crippen molar-refractivity contribution in [3.05, 3.63) is 23.8 Å². The molecule has 0 aliphatic carbocycles. The van der Waals surface area contributed by atoms with Gasteiger partial charge in [0.1, 0.15) is 11.5 Å². The van der Waals surface area contributed by atoms with Crippen LogP contribution >= 0.6 is 0 Å². The van der Waals surface area contributed by atoms with Crippen molar-refractivity contribution in [1.82, 2.24) is 0 Å². The van der Waals surface area contributed by atoms with Crippen LogP contribution in [0.2, 0.25) is 0 Å². The first-order valence-corrected chi connectivity index (χ1v) is 5.34. The first kappa shape index (κ1) is 11.9. The van der Waals surface area contributed by atoms with E-state index in [1.165, 1.54) is 0 Å². The van der Waals surface area contributed by atoms with E-state index in [0.29, 0.717) is 13.2 Å². The molecule has 0 saturated carbocycles. The van der Waals surface area contributed by atoms with Crippen molar-refractivity contribution in [3.8, 4) is 11.5 Å². The van der Waals surface area contributed by atoms with Crippen LogP contribution in [0.1, 0.15) is 32.4 Å². The van der Waals surface area contributed by atoms with Gasteiger partial charge in [-0.25, -0.2) is 0 Å². The van der Waals surface area contributed by atoms with Gasteiger partial charge in [-0.1, -0.05) is 0 Å². The molecule has 3 nitrogen and oxygen atoms in total. The molecule has 1 rings (SSSR count). The van der Waals surface area contributed by atoms with Crippen molar-refractivity contribution in [2.24, 2.45) is 5.73 Å². The fourth-order valence-corrected chi connectivity index (χ4v) is 1.43. The summed E-state index contributed by atoms with van der Waals surface area (Å²) in [6, 6.07) is 5.71. The van der Waals surface area contributed by atoms with Crippen LogP contribution in [0.25, 0.3) is 0 Å². The normalized spacial score (nSPS) is 12.3. The van der Waals surface area contributed by atoms with Crippen LogP contribution in [0.15, 0.2) is 18.2 Å². The van der Waals surface area contributed by atoms with Gasteiger partial charge in [0.25, 0.3) is 0 Å². The Balaban J connectivity index is 2.97. The zero-order chi connectivity index (χ0) is 11.3. The Labute approximate surface area is 91.2 Å². The second-order valence-electron chi connectivity index (χ2n) is 3.35. The zero-order valence-corrected chi connectivity index (χ0v) is 9.62. The summed E-state index contributed by atoms with van der Waals surface area (Å²) in [5, 5.41) is 0. The number of ether oxygens (including phenoxy) is 2. The SMILES string of the molecule is CCOc1ccc(OCC)c([C@H](C)N)c1. The van der Waals surface area contributed by atoms with Crippen molar-refractivity contribution in [2.75, 3.05) is 13.2 Å². The number of rotatable bonds is 5. The van der Waals surface area contributed by atoms with Gasteiger partial charge in [-0.2, -0.15) is 0 Å². The van der Waals surface area contributed by atoms with E-state index in [2.05, 4.69) is 0 Å². The highest BCUT2D eigenvalue weighted by Gasteiger charge is 2.09. The molecular formula is C12H19NO2. The van der Waals surface area contributed by atoms with Crippen LogP contribution in [0.3, 0.4) is 0 Å². The van der Waals surface area contributed by atoms with E-state index in [9.17, 15) is 0 Å². The van der Waals surface area contributed by atoms with Crippen molar-refractivity contribution in [3.63, 3.8) is 0 Å².